The van der Waals surface area contributed by atoms with Crippen LogP contribution >= 0.6 is 0 Å². The third kappa shape index (κ3) is 9.56. The van der Waals surface area contributed by atoms with Crippen LogP contribution in [0.4, 0.5) is 0 Å². The largest absolute Gasteiger partial charge is 1.00 e. The molecule has 0 atom stereocenters. The fourth-order valence-electron chi connectivity index (χ4n) is 1.69. The Bertz CT molecular complexity index is 770. The first-order valence-electron chi connectivity index (χ1n) is 6.87. The number of nitrogens with zero attached hydrogens (tertiary/aromatic N) is 1. The van der Waals surface area contributed by atoms with Crippen LogP contribution in [0.1, 0.15) is 27.6 Å². The Labute approximate surface area is 192 Å². The van der Waals surface area contributed by atoms with Gasteiger partial charge < -0.3 is 15.7 Å². The number of hydrogen-bond donors (Lipinski definition) is 1. The molecule has 1 aromatic rings. The predicted molar refractivity (Wildman–Crippen MR) is 81.1 cm³/mol. The van der Waals surface area contributed by atoms with E-state index in [0.717, 1.165) is 19.1 Å². The Morgan fingerprint density at radius 1 is 1.27 bits per heavy atom. The van der Waals surface area contributed by atoms with E-state index in [2.05, 4.69) is 9.57 Å². The summed E-state index contributed by atoms with van der Waals surface area (Å²) in [6, 6.07) is 3.07. The molecule has 140 valence electrons. The summed E-state index contributed by atoms with van der Waals surface area (Å²) < 4.78 is 41.4. The zero-order valence-electron chi connectivity index (χ0n) is 15.0. The maximum atomic E-state index is 11.6. The van der Waals surface area contributed by atoms with Gasteiger partial charge in [0.05, 0.1) is 6.61 Å². The van der Waals surface area contributed by atoms with Crippen LogP contribution in [0.15, 0.2) is 23.1 Å². The number of benzene rings is 1. The minimum Gasteiger partial charge on any atom is -1.00 e. The van der Waals surface area contributed by atoms with Gasteiger partial charge in [-0.3, -0.25) is 14.1 Å². The molecule has 13 heteroatoms. The molecular formula is C13H16KNO10S. The first-order chi connectivity index (χ1) is 11.6. The molecule has 0 saturated heterocycles. The first kappa shape index (κ1) is 24.9. The molecule has 0 fully saturated rings. The molecule has 0 aliphatic carbocycles. The van der Waals surface area contributed by atoms with E-state index >= 15 is 0 Å². The van der Waals surface area contributed by atoms with Gasteiger partial charge in [-0.05, 0) is 25.0 Å². The van der Waals surface area contributed by atoms with E-state index in [-0.39, 0.29) is 84.4 Å². The Morgan fingerprint density at radius 3 is 2.46 bits per heavy atom. The van der Waals surface area contributed by atoms with E-state index in [4.69, 9.17) is 9.29 Å². The molecule has 0 radical (unpaired) electrons. The van der Waals surface area contributed by atoms with Crippen LogP contribution in [0.3, 0.4) is 0 Å². The summed E-state index contributed by atoms with van der Waals surface area (Å²) in [7, 11) is -4.72. The van der Waals surface area contributed by atoms with E-state index in [0.29, 0.717) is 0 Å². The molecule has 0 amide bonds. The van der Waals surface area contributed by atoms with Crippen molar-refractivity contribution < 1.29 is 94.8 Å². The number of carbonyl (C=O) groups is 2. The number of hydrogen-bond acceptors (Lipinski definition) is 9. The minimum absolute atomic E-state index is 0. The number of ether oxygens (including phenoxy) is 2. The minimum atomic E-state index is -4.72. The van der Waals surface area contributed by atoms with Crippen LogP contribution in [0.25, 0.3) is 0 Å². The quantitative estimate of drug-likeness (QED) is 0.0929. The summed E-state index contributed by atoms with van der Waals surface area (Å²) in [5.41, 5.74) is 0. The van der Waals surface area contributed by atoms with Gasteiger partial charge in [0, 0.05) is 19.4 Å². The molecule has 0 aromatic heterocycles. The fraction of sp³-hybridized carbons (Fsp3) is 0.385. The molecule has 0 saturated carbocycles. The molecule has 1 N–H and O–H groups in total. The standard InChI is InChI=1S/C13H15NO10S.K.H/c1-9(15)23-11-6-5-10(8-12(11)25(19,20)21)24-13(16)4-2-3-7-22-14(17)18;;/h5-6,8H,2-4,7H2,1H3,(H,19,20,21);;/q;+1;-1. The van der Waals surface area contributed by atoms with E-state index in [1.807, 2.05) is 0 Å². The average molecular weight is 417 g/mol. The van der Waals surface area contributed by atoms with Crippen molar-refractivity contribution in [3.63, 3.8) is 0 Å². The Kier molecular flexibility index (Phi) is 11.1. The van der Waals surface area contributed by atoms with Crippen molar-refractivity contribution in [1.29, 1.82) is 0 Å². The van der Waals surface area contributed by atoms with Gasteiger partial charge in [-0.25, -0.2) is 0 Å². The number of esters is 2. The summed E-state index contributed by atoms with van der Waals surface area (Å²) in [5, 5.41) is 8.99. The van der Waals surface area contributed by atoms with Crippen molar-refractivity contribution in [2.45, 2.75) is 31.1 Å². The van der Waals surface area contributed by atoms with Crippen molar-refractivity contribution >= 4 is 22.1 Å². The summed E-state index contributed by atoms with van der Waals surface area (Å²) in [6.45, 7) is 0.884. The SMILES string of the molecule is CC(=O)Oc1ccc(OC(=O)CCCCO[N+](=O)[O-])cc1S(=O)(=O)O.[H-].[K+]. The van der Waals surface area contributed by atoms with Crippen molar-refractivity contribution in [3.05, 3.63) is 28.3 Å². The third-order valence-corrected chi connectivity index (χ3v) is 3.53. The molecule has 1 aromatic carbocycles. The van der Waals surface area contributed by atoms with Gasteiger partial charge in [0.2, 0.25) is 0 Å². The summed E-state index contributed by atoms with van der Waals surface area (Å²) in [6.07, 6.45) is 0.412. The predicted octanol–water partition coefficient (Wildman–Crippen LogP) is -1.74. The van der Waals surface area contributed by atoms with Crippen molar-refractivity contribution in [2.24, 2.45) is 0 Å². The molecule has 0 aliphatic rings. The number of unbranched alkanes of at least 4 members (excludes halogenated alkanes) is 1. The number of rotatable bonds is 9. The van der Waals surface area contributed by atoms with Gasteiger partial charge in [0.25, 0.3) is 15.2 Å². The average Bonchev–Trinajstić information content (AvgIpc) is 2.46. The summed E-state index contributed by atoms with van der Waals surface area (Å²) in [5.74, 6) is -2.11. The Hall–Kier alpha value is -1.09. The van der Waals surface area contributed by atoms with Crippen LogP contribution in [0.5, 0.6) is 11.5 Å². The topological polar surface area (TPSA) is 159 Å². The summed E-state index contributed by atoms with van der Waals surface area (Å²) >= 11 is 0. The van der Waals surface area contributed by atoms with Gasteiger partial charge in [0.1, 0.15) is 10.6 Å². The van der Waals surface area contributed by atoms with Gasteiger partial charge in [-0.15, -0.1) is 10.1 Å². The molecule has 0 aliphatic heterocycles. The van der Waals surface area contributed by atoms with E-state index in [1.165, 1.54) is 6.07 Å². The second-order valence-corrected chi connectivity index (χ2v) is 6.06. The molecule has 11 nitrogen and oxygen atoms in total. The molecule has 0 heterocycles. The second kappa shape index (κ2) is 11.6. The third-order valence-electron chi connectivity index (χ3n) is 2.65. The van der Waals surface area contributed by atoms with Crippen molar-refractivity contribution in [3.8, 4) is 11.5 Å². The van der Waals surface area contributed by atoms with E-state index in [1.54, 1.807) is 0 Å². The molecule has 1 rings (SSSR count). The second-order valence-electron chi connectivity index (χ2n) is 4.67. The van der Waals surface area contributed by atoms with E-state index < -0.39 is 37.8 Å². The van der Waals surface area contributed by atoms with Crippen LogP contribution in [-0.2, 0) is 24.5 Å². The maximum Gasteiger partial charge on any atom is 1.00 e. The molecule has 0 unspecified atom stereocenters. The normalized spacial score (nSPS) is 10.4. The molecule has 0 spiro atoms. The van der Waals surface area contributed by atoms with Crippen LogP contribution in [0.2, 0.25) is 0 Å². The monoisotopic (exact) mass is 417 g/mol. The van der Waals surface area contributed by atoms with Gasteiger partial charge in [0.15, 0.2) is 5.75 Å². The van der Waals surface area contributed by atoms with Crippen LogP contribution in [0, 0.1) is 10.1 Å². The Morgan fingerprint density at radius 2 is 1.92 bits per heavy atom. The van der Waals surface area contributed by atoms with E-state index in [9.17, 15) is 28.1 Å². The van der Waals surface area contributed by atoms with Gasteiger partial charge in [-0.1, -0.05) is 0 Å². The van der Waals surface area contributed by atoms with Crippen LogP contribution < -0.4 is 60.9 Å². The molecular weight excluding hydrogens is 401 g/mol. The van der Waals surface area contributed by atoms with Gasteiger partial charge >= 0.3 is 63.3 Å². The van der Waals surface area contributed by atoms with Gasteiger partial charge in [-0.2, -0.15) is 8.42 Å². The molecule has 0 bridgehead atoms. The molecule has 26 heavy (non-hydrogen) atoms. The van der Waals surface area contributed by atoms with Crippen molar-refractivity contribution in [2.75, 3.05) is 6.61 Å². The maximum absolute atomic E-state index is 11.6. The smallest absolute Gasteiger partial charge is 1.00 e. The first-order valence-corrected chi connectivity index (χ1v) is 8.31. The zero-order valence-corrected chi connectivity index (χ0v) is 18.0. The van der Waals surface area contributed by atoms with Crippen molar-refractivity contribution in [1.82, 2.24) is 0 Å². The number of carbonyl (C=O) groups excluding carboxylic acids is 2. The summed E-state index contributed by atoms with van der Waals surface area (Å²) in [4.78, 5) is 35.9. The zero-order chi connectivity index (χ0) is 19.0. The fourth-order valence-corrected chi connectivity index (χ4v) is 2.31. The van der Waals surface area contributed by atoms with Crippen LogP contribution in [-0.4, -0.2) is 36.6 Å². The Balaban J connectivity index is 0.